The van der Waals surface area contributed by atoms with Crippen molar-refractivity contribution in [1.29, 1.82) is 0 Å². The largest absolute Gasteiger partial charge is 0.472 e. The van der Waals surface area contributed by atoms with Crippen LogP contribution >= 0.6 is 0 Å². The molecule has 17 heavy (non-hydrogen) atoms. The predicted molar refractivity (Wildman–Crippen MR) is 29.8 cm³/mol. The Hall–Kier alpha value is -0.810. The Morgan fingerprint density at radius 1 is 0.647 bits per heavy atom. The third-order valence-corrected chi connectivity index (χ3v) is 1.40. The van der Waals surface area contributed by atoms with Gasteiger partial charge >= 0.3 is 24.6 Å². The second-order valence-electron chi connectivity index (χ2n) is 2.65. The molecule has 0 spiro atoms. The van der Waals surface area contributed by atoms with Gasteiger partial charge in [0.25, 0.3) is 0 Å². The lowest BCUT2D eigenvalue weighted by Crippen LogP contribution is -2.65. The van der Waals surface area contributed by atoms with E-state index >= 15 is 0 Å². The second-order valence-corrected chi connectivity index (χ2v) is 2.65. The van der Waals surface area contributed by atoms with Crippen LogP contribution in [0.25, 0.3) is 0 Å². The van der Waals surface area contributed by atoms with Gasteiger partial charge in [-0.05, 0) is 0 Å². The number of nitrogens with zero attached hydrogens (tertiary/aromatic N) is 1. The zero-order chi connectivity index (χ0) is 14.3. The molecular weight excluding hydrogens is 283 g/mol. The maximum atomic E-state index is 12.4. The van der Waals surface area contributed by atoms with Crippen molar-refractivity contribution in [2.24, 2.45) is 0 Å². The summed E-state index contributed by atoms with van der Waals surface area (Å²) in [7, 11) is 0. The highest BCUT2D eigenvalue weighted by molar-refractivity contribution is 4.87. The first-order valence-electron chi connectivity index (χ1n) is 3.43. The van der Waals surface area contributed by atoms with E-state index in [1.54, 1.807) is 0 Å². The summed E-state index contributed by atoms with van der Waals surface area (Å²) in [6.07, 6.45) is -13.7. The molecule has 0 radical (unpaired) electrons. The Kier molecular flexibility index (Phi) is 3.94. The molecule has 0 rings (SSSR count). The van der Waals surface area contributed by atoms with E-state index in [1.807, 2.05) is 0 Å². The Bertz CT molecular complexity index is 248. The monoisotopic (exact) mass is 285 g/mol. The summed E-state index contributed by atoms with van der Waals surface area (Å²) in [6, 6.07) is -6.79. The average Bonchev–Trinajstić information content (AvgIpc) is 1.96. The van der Waals surface area contributed by atoms with E-state index in [0.29, 0.717) is 0 Å². The Balaban J connectivity index is 5.65. The van der Waals surface area contributed by atoms with Gasteiger partial charge in [-0.3, -0.25) is 0 Å². The van der Waals surface area contributed by atoms with Crippen molar-refractivity contribution in [3.05, 3.63) is 0 Å². The quantitative estimate of drug-likeness (QED) is 0.566. The van der Waals surface area contributed by atoms with Crippen molar-refractivity contribution in [1.82, 2.24) is 4.90 Å². The van der Waals surface area contributed by atoms with Crippen LogP contribution in [0.4, 0.5) is 48.3 Å². The van der Waals surface area contributed by atoms with Crippen LogP contribution < -0.4 is 0 Å². The van der Waals surface area contributed by atoms with Crippen LogP contribution in [-0.2, 0) is 0 Å². The van der Waals surface area contributed by atoms with E-state index in [2.05, 4.69) is 0 Å². The van der Waals surface area contributed by atoms with Gasteiger partial charge in [-0.25, -0.2) is 4.39 Å². The van der Waals surface area contributed by atoms with Gasteiger partial charge in [-0.15, -0.1) is 0 Å². The van der Waals surface area contributed by atoms with Gasteiger partial charge < -0.3 is 0 Å². The molecule has 0 aromatic carbocycles. The molecule has 12 heteroatoms. The maximum absolute atomic E-state index is 12.4. The van der Waals surface area contributed by atoms with Crippen molar-refractivity contribution in [2.75, 3.05) is 6.67 Å². The van der Waals surface area contributed by atoms with Crippen molar-refractivity contribution < 1.29 is 48.3 Å². The lowest BCUT2D eigenvalue weighted by Gasteiger charge is -2.36. The molecule has 0 aliphatic rings. The summed E-state index contributed by atoms with van der Waals surface area (Å²) < 4.78 is 130. The summed E-state index contributed by atoms with van der Waals surface area (Å²) in [5.74, 6) is -6.14. The first kappa shape index (κ1) is 16.2. The van der Waals surface area contributed by atoms with Crippen LogP contribution in [0.15, 0.2) is 0 Å². The van der Waals surface area contributed by atoms with E-state index in [0.717, 1.165) is 0 Å². The zero-order valence-corrected chi connectivity index (χ0v) is 7.31. The van der Waals surface area contributed by atoms with Gasteiger partial charge in [0.15, 0.2) is 6.67 Å². The lowest BCUT2D eigenvalue weighted by atomic mass is 10.3. The minimum absolute atomic E-state index is 3.39. The third kappa shape index (κ3) is 3.10. The number of halogens is 11. The first-order valence-corrected chi connectivity index (χ1v) is 3.43. The van der Waals surface area contributed by atoms with Crippen LogP contribution in [-0.4, -0.2) is 36.1 Å². The highest BCUT2D eigenvalue weighted by atomic mass is 19.4. The fraction of sp³-hybridized carbons (Fsp3) is 1.00. The molecule has 1 nitrogen and oxygen atoms in total. The van der Waals surface area contributed by atoms with Crippen molar-refractivity contribution in [3.8, 4) is 0 Å². The molecule has 0 heterocycles. The van der Waals surface area contributed by atoms with Crippen molar-refractivity contribution in [2.45, 2.75) is 24.6 Å². The number of hydrogen-bond acceptors (Lipinski definition) is 1. The van der Waals surface area contributed by atoms with E-state index in [-0.39, 0.29) is 0 Å². The van der Waals surface area contributed by atoms with Crippen LogP contribution in [0.5, 0.6) is 0 Å². The van der Waals surface area contributed by atoms with Gasteiger partial charge in [-0.1, -0.05) is 4.90 Å². The molecule has 0 N–H and O–H groups in total. The van der Waals surface area contributed by atoms with E-state index < -0.39 is 36.1 Å². The van der Waals surface area contributed by atoms with Crippen LogP contribution in [0.2, 0.25) is 0 Å². The molecule has 0 aliphatic heterocycles. The molecule has 0 aromatic heterocycles. The van der Waals surface area contributed by atoms with Crippen molar-refractivity contribution >= 4 is 0 Å². The maximum Gasteiger partial charge on any atom is 0.472 e. The Morgan fingerprint density at radius 2 is 0.941 bits per heavy atom. The lowest BCUT2D eigenvalue weighted by molar-refractivity contribution is -0.469. The summed E-state index contributed by atoms with van der Waals surface area (Å²) >= 11 is 0. The summed E-state index contributed by atoms with van der Waals surface area (Å²) in [5.41, 5.74) is 0. The molecule has 0 saturated carbocycles. The van der Waals surface area contributed by atoms with Crippen LogP contribution in [0, 0.1) is 0 Å². The molecular formula is C5H2F11N. The third-order valence-electron chi connectivity index (χ3n) is 1.40. The molecule has 0 bridgehead atoms. The normalized spacial score (nSPS) is 15.5. The second kappa shape index (κ2) is 4.14. The minimum Gasteiger partial charge on any atom is -0.244 e. The minimum atomic E-state index is -6.85. The SMILES string of the molecule is FCC(F)(F)C(F)(F)N(C(F)(F)F)C(F)(F)F. The standard InChI is InChI=1S/C5H2F11N/c6-1-2(7,8)3(9,10)17(4(11,12)13)5(14,15)16/h1H2. The topological polar surface area (TPSA) is 3.24 Å². The first-order chi connectivity index (χ1) is 7.18. The van der Waals surface area contributed by atoms with Gasteiger partial charge in [0, 0.05) is 0 Å². The Morgan fingerprint density at radius 3 is 1.12 bits per heavy atom. The predicted octanol–water partition coefficient (Wildman–Crippen LogP) is 3.53. The van der Waals surface area contributed by atoms with E-state index in [4.69, 9.17) is 0 Å². The summed E-state index contributed by atoms with van der Waals surface area (Å²) in [6.45, 7) is -3.39. The highest BCUT2D eigenvalue weighted by Gasteiger charge is 2.74. The van der Waals surface area contributed by atoms with E-state index in [1.165, 1.54) is 0 Å². The van der Waals surface area contributed by atoms with Crippen LogP contribution in [0.3, 0.4) is 0 Å². The van der Waals surface area contributed by atoms with Crippen LogP contribution in [0.1, 0.15) is 0 Å². The van der Waals surface area contributed by atoms with Gasteiger partial charge in [0.05, 0.1) is 0 Å². The smallest absolute Gasteiger partial charge is 0.244 e. The summed E-state index contributed by atoms with van der Waals surface area (Å²) in [4.78, 5) is -3.65. The van der Waals surface area contributed by atoms with E-state index in [9.17, 15) is 48.3 Å². The van der Waals surface area contributed by atoms with Gasteiger partial charge in [0.1, 0.15) is 0 Å². The molecule has 0 unspecified atom stereocenters. The number of hydrogen-bond donors (Lipinski definition) is 0. The van der Waals surface area contributed by atoms with Gasteiger partial charge in [0.2, 0.25) is 0 Å². The molecule has 0 atom stereocenters. The Labute approximate surface area is 85.8 Å². The molecule has 104 valence electrons. The average molecular weight is 285 g/mol. The van der Waals surface area contributed by atoms with Crippen molar-refractivity contribution in [3.63, 3.8) is 0 Å². The van der Waals surface area contributed by atoms with Gasteiger partial charge in [-0.2, -0.15) is 43.9 Å². The fourth-order valence-electron chi connectivity index (χ4n) is 0.706. The zero-order valence-electron chi connectivity index (χ0n) is 7.31. The number of rotatable bonds is 3. The fourth-order valence-corrected chi connectivity index (χ4v) is 0.706. The molecule has 0 fully saturated rings. The summed E-state index contributed by atoms with van der Waals surface area (Å²) in [5, 5.41) is 0. The molecule has 0 amide bonds. The molecule has 0 saturated heterocycles. The molecule has 0 aliphatic carbocycles. The molecule has 0 aromatic rings. The highest BCUT2D eigenvalue weighted by Crippen LogP contribution is 2.48. The number of alkyl halides is 11.